The molecule has 3 heteroatoms. The number of carbonyl (C=O) groups is 1. The minimum absolute atomic E-state index is 0.150. The monoisotopic (exact) mass is 156 g/mol. The van der Waals surface area contributed by atoms with Gasteiger partial charge in [0.05, 0.1) is 0 Å². The van der Waals surface area contributed by atoms with Crippen LogP contribution in [0, 0.1) is 12.3 Å². The van der Waals surface area contributed by atoms with Gasteiger partial charge in [0.2, 0.25) is 0 Å². The van der Waals surface area contributed by atoms with Gasteiger partial charge in [-0.15, -0.1) is 6.42 Å². The predicted octanol–water partition coefficient (Wildman–Crippen LogP) is 0.625. The zero-order valence-electron chi connectivity index (χ0n) is 6.29. The fraction of sp³-hybridized carbons (Fsp3) is 0.625. The van der Waals surface area contributed by atoms with Crippen molar-refractivity contribution in [3.8, 4) is 12.3 Å². The lowest BCUT2D eigenvalue weighted by Gasteiger charge is -2.00. The van der Waals surface area contributed by atoms with Gasteiger partial charge in [-0.25, -0.2) is 0 Å². The molecule has 0 spiro atoms. The fourth-order valence-corrected chi connectivity index (χ4v) is 0.697. The number of terminal acetylenes is 1. The summed E-state index contributed by atoms with van der Waals surface area (Å²) in [6, 6.07) is 0. The number of carboxylic acid groups (broad SMARTS) is 1. The summed E-state index contributed by atoms with van der Waals surface area (Å²) in [4.78, 5) is 10.0. The Morgan fingerprint density at radius 2 is 2.18 bits per heavy atom. The van der Waals surface area contributed by atoms with Crippen molar-refractivity contribution >= 4 is 5.97 Å². The summed E-state index contributed by atoms with van der Waals surface area (Å²) in [5, 5.41) is 17.1. The van der Waals surface area contributed by atoms with Crippen molar-refractivity contribution in [3.05, 3.63) is 0 Å². The molecule has 0 aliphatic carbocycles. The Balaban J connectivity index is 3.16. The van der Waals surface area contributed by atoms with Crippen molar-refractivity contribution in [1.29, 1.82) is 0 Å². The van der Waals surface area contributed by atoms with Crippen LogP contribution in [0.25, 0.3) is 0 Å². The van der Waals surface area contributed by atoms with Gasteiger partial charge in [-0.1, -0.05) is 5.92 Å². The molecule has 1 atom stereocenters. The van der Waals surface area contributed by atoms with E-state index in [9.17, 15) is 4.79 Å². The molecule has 0 rings (SSSR count). The molecule has 0 aromatic carbocycles. The number of aliphatic hydroxyl groups excluding tert-OH is 1. The van der Waals surface area contributed by atoms with E-state index in [0.29, 0.717) is 19.3 Å². The summed E-state index contributed by atoms with van der Waals surface area (Å²) in [7, 11) is 0. The van der Waals surface area contributed by atoms with E-state index < -0.39 is 12.1 Å². The van der Waals surface area contributed by atoms with Gasteiger partial charge in [-0.3, -0.25) is 4.79 Å². The van der Waals surface area contributed by atoms with Gasteiger partial charge in [0, 0.05) is 6.42 Å². The number of hydrogen-bond acceptors (Lipinski definition) is 2. The highest BCUT2D eigenvalue weighted by Crippen LogP contribution is 2.02. The van der Waals surface area contributed by atoms with Gasteiger partial charge in [-0.05, 0) is 19.3 Å². The fourth-order valence-electron chi connectivity index (χ4n) is 0.697. The lowest BCUT2D eigenvalue weighted by atomic mass is 10.1. The Hall–Kier alpha value is -1.01. The molecule has 0 saturated carbocycles. The van der Waals surface area contributed by atoms with E-state index in [0.717, 1.165) is 0 Å². The van der Waals surface area contributed by atoms with Crippen molar-refractivity contribution in [2.75, 3.05) is 0 Å². The Morgan fingerprint density at radius 1 is 1.55 bits per heavy atom. The molecule has 0 saturated heterocycles. The molecule has 0 amide bonds. The van der Waals surface area contributed by atoms with Gasteiger partial charge in [-0.2, -0.15) is 0 Å². The molecule has 3 nitrogen and oxygen atoms in total. The molecular formula is C8H12O3. The Kier molecular flexibility index (Phi) is 5.22. The number of aliphatic hydroxyl groups is 1. The quantitative estimate of drug-likeness (QED) is 0.453. The van der Waals surface area contributed by atoms with Crippen molar-refractivity contribution < 1.29 is 15.0 Å². The van der Waals surface area contributed by atoms with Crippen LogP contribution in [-0.4, -0.2) is 22.3 Å². The van der Waals surface area contributed by atoms with E-state index in [-0.39, 0.29) is 6.42 Å². The van der Waals surface area contributed by atoms with Crippen LogP contribution in [0.2, 0.25) is 0 Å². The maximum Gasteiger partial charge on any atom is 0.303 e. The van der Waals surface area contributed by atoms with Crippen LogP contribution in [0.3, 0.4) is 0 Å². The lowest BCUT2D eigenvalue weighted by molar-refractivity contribution is -0.137. The third-order valence-electron chi connectivity index (χ3n) is 1.31. The average Bonchev–Trinajstić information content (AvgIpc) is 1.97. The first kappa shape index (κ1) is 9.99. The summed E-state index contributed by atoms with van der Waals surface area (Å²) in [6.07, 6.45) is 6.06. The summed E-state index contributed by atoms with van der Waals surface area (Å²) >= 11 is 0. The number of aliphatic carboxylic acids is 1. The molecule has 0 aromatic rings. The molecule has 0 aliphatic rings. The van der Waals surface area contributed by atoms with Crippen molar-refractivity contribution in [2.24, 2.45) is 0 Å². The number of unbranched alkanes of at least 4 members (excludes halogenated alkanes) is 1. The summed E-state index contributed by atoms with van der Waals surface area (Å²) < 4.78 is 0. The Morgan fingerprint density at radius 3 is 2.64 bits per heavy atom. The highest BCUT2D eigenvalue weighted by Gasteiger charge is 2.00. The highest BCUT2D eigenvalue weighted by molar-refractivity contribution is 5.66. The van der Waals surface area contributed by atoms with E-state index in [2.05, 4.69) is 5.92 Å². The second kappa shape index (κ2) is 5.75. The molecule has 2 N–H and O–H groups in total. The first-order valence-electron chi connectivity index (χ1n) is 3.53. The molecule has 62 valence electrons. The third kappa shape index (κ3) is 6.88. The van der Waals surface area contributed by atoms with Crippen molar-refractivity contribution in [1.82, 2.24) is 0 Å². The number of carboxylic acids is 1. The molecule has 0 radical (unpaired) electrons. The second-order valence-corrected chi connectivity index (χ2v) is 2.32. The first-order valence-corrected chi connectivity index (χ1v) is 3.53. The van der Waals surface area contributed by atoms with E-state index in [1.54, 1.807) is 0 Å². The average molecular weight is 156 g/mol. The van der Waals surface area contributed by atoms with E-state index in [4.69, 9.17) is 16.6 Å². The minimum Gasteiger partial charge on any atom is -0.481 e. The maximum absolute atomic E-state index is 10.0. The smallest absolute Gasteiger partial charge is 0.303 e. The second-order valence-electron chi connectivity index (χ2n) is 2.32. The van der Waals surface area contributed by atoms with Crippen LogP contribution in [0.5, 0.6) is 0 Å². The van der Waals surface area contributed by atoms with Crippen LogP contribution in [0.15, 0.2) is 0 Å². The summed E-state index contributed by atoms with van der Waals surface area (Å²) in [6.45, 7) is 0. The summed E-state index contributed by atoms with van der Waals surface area (Å²) in [5.74, 6) is 1.36. The normalized spacial score (nSPS) is 12.0. The van der Waals surface area contributed by atoms with Crippen LogP contribution >= 0.6 is 0 Å². The van der Waals surface area contributed by atoms with E-state index in [1.807, 2.05) is 0 Å². The van der Waals surface area contributed by atoms with Crippen LogP contribution < -0.4 is 0 Å². The van der Waals surface area contributed by atoms with E-state index >= 15 is 0 Å². The standard InChI is InChI=1S/C8H12O3/c1-2-7(9)5-3-4-6-8(10)11/h1,7,9H,3-6H2,(H,10,11). The van der Waals surface area contributed by atoms with Gasteiger partial charge in [0.1, 0.15) is 6.10 Å². The minimum atomic E-state index is -0.805. The third-order valence-corrected chi connectivity index (χ3v) is 1.31. The van der Waals surface area contributed by atoms with Gasteiger partial charge in [0.15, 0.2) is 0 Å². The molecule has 1 unspecified atom stereocenters. The molecule has 0 bridgehead atoms. The summed E-state index contributed by atoms with van der Waals surface area (Å²) in [5.41, 5.74) is 0. The maximum atomic E-state index is 10.0. The number of hydrogen-bond donors (Lipinski definition) is 2. The zero-order chi connectivity index (χ0) is 8.69. The van der Waals surface area contributed by atoms with Crippen molar-refractivity contribution in [2.45, 2.75) is 31.8 Å². The van der Waals surface area contributed by atoms with Gasteiger partial charge in [0.25, 0.3) is 0 Å². The predicted molar refractivity (Wildman–Crippen MR) is 40.9 cm³/mol. The van der Waals surface area contributed by atoms with Crippen LogP contribution in [-0.2, 0) is 4.79 Å². The molecule has 11 heavy (non-hydrogen) atoms. The molecule has 0 aliphatic heterocycles. The van der Waals surface area contributed by atoms with E-state index in [1.165, 1.54) is 0 Å². The van der Waals surface area contributed by atoms with Gasteiger partial charge >= 0.3 is 5.97 Å². The Bertz CT molecular complexity index is 157. The highest BCUT2D eigenvalue weighted by atomic mass is 16.4. The van der Waals surface area contributed by atoms with Crippen molar-refractivity contribution in [3.63, 3.8) is 0 Å². The zero-order valence-corrected chi connectivity index (χ0v) is 6.29. The van der Waals surface area contributed by atoms with Crippen LogP contribution in [0.1, 0.15) is 25.7 Å². The largest absolute Gasteiger partial charge is 0.481 e. The molecule has 0 heterocycles. The molecular weight excluding hydrogens is 144 g/mol. The molecule has 0 aromatic heterocycles. The topological polar surface area (TPSA) is 57.5 Å². The van der Waals surface area contributed by atoms with Crippen LogP contribution in [0.4, 0.5) is 0 Å². The van der Waals surface area contributed by atoms with Gasteiger partial charge < -0.3 is 10.2 Å². The number of rotatable bonds is 5. The lowest BCUT2D eigenvalue weighted by Crippen LogP contribution is -2.02. The molecule has 0 fully saturated rings. The Labute approximate surface area is 66.0 Å². The SMILES string of the molecule is C#CC(O)CCCCC(=O)O. The first-order chi connectivity index (χ1) is 5.16.